The highest BCUT2D eigenvalue weighted by Crippen LogP contribution is 2.59. The molecule has 1 N–H and O–H groups in total. The third-order valence-corrected chi connectivity index (χ3v) is 4.47. The second-order valence-corrected chi connectivity index (χ2v) is 5.66. The van der Waals surface area contributed by atoms with Crippen LogP contribution in [0.25, 0.3) is 0 Å². The Hall–Kier alpha value is -1.52. The summed E-state index contributed by atoms with van der Waals surface area (Å²) < 4.78 is 26.4. The van der Waals surface area contributed by atoms with Gasteiger partial charge in [0.25, 0.3) is 5.92 Å². The molecule has 0 radical (unpaired) electrons. The maximum atomic E-state index is 13.2. The van der Waals surface area contributed by atoms with Crippen LogP contribution in [0.3, 0.4) is 0 Å². The fraction of sp³-hybridized carbons (Fsp3) is 0.600. The van der Waals surface area contributed by atoms with Gasteiger partial charge in [-0.15, -0.1) is 0 Å². The monoisotopic (exact) mass is 279 g/mol. The Kier molecular flexibility index (Phi) is 3.22. The first-order chi connectivity index (χ1) is 9.57. The molecule has 2 heterocycles. The Morgan fingerprint density at radius 3 is 2.70 bits per heavy atom. The summed E-state index contributed by atoms with van der Waals surface area (Å²) in [7, 11) is 0. The highest BCUT2D eigenvalue weighted by atomic mass is 19.3. The van der Waals surface area contributed by atoms with E-state index >= 15 is 0 Å². The maximum Gasteiger partial charge on any atom is 0.258 e. The Balaban J connectivity index is 1.74. The van der Waals surface area contributed by atoms with Crippen LogP contribution in [0.15, 0.2) is 12.1 Å². The molecule has 0 aromatic carbocycles. The number of hydrogen-bond donors (Lipinski definition) is 1. The predicted molar refractivity (Wildman–Crippen MR) is 74.9 cm³/mol. The summed E-state index contributed by atoms with van der Waals surface area (Å²) >= 11 is 0. The van der Waals surface area contributed by atoms with Crippen molar-refractivity contribution in [1.82, 2.24) is 4.98 Å². The summed E-state index contributed by atoms with van der Waals surface area (Å²) in [6.07, 6.45) is 3.78. The molecule has 0 bridgehead atoms. The maximum absolute atomic E-state index is 13.2. The van der Waals surface area contributed by atoms with E-state index in [1.165, 1.54) is 6.21 Å². The summed E-state index contributed by atoms with van der Waals surface area (Å²) in [5.41, 5.74) is 2.19. The van der Waals surface area contributed by atoms with E-state index in [4.69, 9.17) is 5.41 Å². The fourth-order valence-corrected chi connectivity index (χ4v) is 3.15. The highest BCUT2D eigenvalue weighted by Gasteiger charge is 2.71. The summed E-state index contributed by atoms with van der Waals surface area (Å²) in [6.45, 7) is 2.90. The van der Waals surface area contributed by atoms with Gasteiger partial charge in [0.1, 0.15) is 5.82 Å². The number of fused-ring (bicyclic) bond motifs is 1. The summed E-state index contributed by atoms with van der Waals surface area (Å²) in [6, 6.07) is 3.97. The van der Waals surface area contributed by atoms with Crippen LogP contribution in [0.4, 0.5) is 14.6 Å². The number of anilines is 1. The van der Waals surface area contributed by atoms with Crippen molar-refractivity contribution in [3.63, 3.8) is 0 Å². The smallest absolute Gasteiger partial charge is 0.258 e. The van der Waals surface area contributed by atoms with Crippen LogP contribution < -0.4 is 4.90 Å². The minimum absolute atomic E-state index is 0.424. The molecule has 3 nitrogen and oxygen atoms in total. The number of piperidine rings is 1. The van der Waals surface area contributed by atoms with Gasteiger partial charge in [-0.2, -0.15) is 0 Å². The van der Waals surface area contributed by atoms with E-state index in [0.717, 1.165) is 29.9 Å². The van der Waals surface area contributed by atoms with Gasteiger partial charge in [-0.3, -0.25) is 0 Å². The van der Waals surface area contributed by atoms with E-state index < -0.39 is 17.8 Å². The molecule has 0 amide bonds. The third-order valence-electron chi connectivity index (χ3n) is 4.47. The Morgan fingerprint density at radius 2 is 2.10 bits per heavy atom. The van der Waals surface area contributed by atoms with Gasteiger partial charge in [0, 0.05) is 18.8 Å². The number of nitrogens with one attached hydrogen (secondary N) is 1. The topological polar surface area (TPSA) is 40.0 Å². The van der Waals surface area contributed by atoms with Crippen LogP contribution in [0.1, 0.15) is 24.6 Å². The number of aromatic nitrogens is 1. The van der Waals surface area contributed by atoms with E-state index in [1.807, 2.05) is 17.0 Å². The number of alkyl halides is 2. The second kappa shape index (κ2) is 4.79. The minimum Gasteiger partial charge on any atom is -0.356 e. The van der Waals surface area contributed by atoms with Gasteiger partial charge in [-0.25, -0.2) is 13.8 Å². The van der Waals surface area contributed by atoms with Gasteiger partial charge in [-0.05, 0) is 37.1 Å². The van der Waals surface area contributed by atoms with Crippen molar-refractivity contribution in [2.75, 3.05) is 18.0 Å². The van der Waals surface area contributed by atoms with Crippen LogP contribution in [0.2, 0.25) is 0 Å². The molecular weight excluding hydrogens is 260 g/mol. The van der Waals surface area contributed by atoms with Gasteiger partial charge in [0.15, 0.2) is 0 Å². The quantitative estimate of drug-likeness (QED) is 0.842. The molecular formula is C15H19F2N3. The molecule has 1 aliphatic carbocycles. The van der Waals surface area contributed by atoms with E-state index in [1.54, 1.807) is 0 Å². The largest absolute Gasteiger partial charge is 0.356 e. The van der Waals surface area contributed by atoms with Crippen LogP contribution in [0, 0.1) is 17.2 Å². The lowest BCUT2D eigenvalue weighted by atomic mass is 10.1. The zero-order valence-electron chi connectivity index (χ0n) is 11.6. The lowest BCUT2D eigenvalue weighted by molar-refractivity contribution is 0.0797. The molecule has 20 heavy (non-hydrogen) atoms. The summed E-state index contributed by atoms with van der Waals surface area (Å²) in [5, 5.41) is 7.10. The van der Waals surface area contributed by atoms with E-state index in [0.29, 0.717) is 19.5 Å². The molecule has 1 aliphatic heterocycles. The van der Waals surface area contributed by atoms with Crippen molar-refractivity contribution in [1.29, 1.82) is 5.41 Å². The molecule has 2 atom stereocenters. The molecule has 1 aromatic rings. The predicted octanol–water partition coefficient (Wildman–Crippen LogP) is 2.93. The average Bonchev–Trinajstić information content (AvgIpc) is 2.84. The molecule has 2 unspecified atom stereocenters. The fourth-order valence-electron chi connectivity index (χ4n) is 3.15. The molecule has 1 saturated heterocycles. The van der Waals surface area contributed by atoms with Gasteiger partial charge in [-0.1, -0.05) is 13.0 Å². The van der Waals surface area contributed by atoms with E-state index in [9.17, 15) is 8.78 Å². The Bertz CT molecular complexity index is 516. The van der Waals surface area contributed by atoms with Crippen molar-refractivity contribution < 1.29 is 8.78 Å². The van der Waals surface area contributed by atoms with Gasteiger partial charge < -0.3 is 10.3 Å². The lowest BCUT2D eigenvalue weighted by Crippen LogP contribution is -2.28. The molecule has 5 heteroatoms. The highest BCUT2D eigenvalue weighted by molar-refractivity contribution is 5.54. The van der Waals surface area contributed by atoms with Crippen molar-refractivity contribution >= 4 is 12.0 Å². The van der Waals surface area contributed by atoms with Crippen molar-refractivity contribution in [2.24, 2.45) is 11.8 Å². The first-order valence-electron chi connectivity index (χ1n) is 7.18. The number of nitrogens with zero attached hydrogens (tertiary/aromatic N) is 2. The van der Waals surface area contributed by atoms with Crippen LogP contribution in [-0.4, -0.2) is 30.2 Å². The zero-order chi connectivity index (χ0) is 14.3. The molecule has 1 saturated carbocycles. The van der Waals surface area contributed by atoms with Crippen molar-refractivity contribution in [3.8, 4) is 0 Å². The average molecular weight is 279 g/mol. The van der Waals surface area contributed by atoms with Crippen molar-refractivity contribution in [3.05, 3.63) is 23.4 Å². The summed E-state index contributed by atoms with van der Waals surface area (Å²) in [5.74, 6) is -2.55. The van der Waals surface area contributed by atoms with Crippen LogP contribution in [-0.2, 0) is 12.8 Å². The second-order valence-electron chi connectivity index (χ2n) is 5.66. The van der Waals surface area contributed by atoms with Gasteiger partial charge in [0.05, 0.1) is 11.8 Å². The van der Waals surface area contributed by atoms with Gasteiger partial charge >= 0.3 is 0 Å². The van der Waals surface area contributed by atoms with Gasteiger partial charge in [0.2, 0.25) is 0 Å². The van der Waals surface area contributed by atoms with Crippen LogP contribution in [0.5, 0.6) is 0 Å². The Labute approximate surface area is 117 Å². The van der Waals surface area contributed by atoms with Crippen molar-refractivity contribution in [2.45, 2.75) is 32.1 Å². The number of aryl methyl sites for hydroxylation is 2. The SMILES string of the molecule is CCc1nc(N2CC3C(C2)C3(F)F)ccc1CCC=N. The molecule has 2 fully saturated rings. The Morgan fingerprint density at radius 1 is 1.40 bits per heavy atom. The zero-order valence-corrected chi connectivity index (χ0v) is 11.6. The summed E-state index contributed by atoms with van der Waals surface area (Å²) in [4.78, 5) is 6.61. The normalized spacial score (nSPS) is 26.4. The molecule has 3 rings (SSSR count). The van der Waals surface area contributed by atoms with E-state index in [-0.39, 0.29) is 0 Å². The number of hydrogen-bond acceptors (Lipinski definition) is 3. The first kappa shape index (κ1) is 13.5. The third kappa shape index (κ3) is 2.09. The number of rotatable bonds is 5. The first-order valence-corrected chi connectivity index (χ1v) is 7.18. The number of pyridine rings is 1. The lowest BCUT2D eigenvalue weighted by Gasteiger charge is -2.22. The van der Waals surface area contributed by atoms with Crippen LogP contribution >= 0.6 is 0 Å². The minimum atomic E-state index is -2.44. The van der Waals surface area contributed by atoms with E-state index in [2.05, 4.69) is 11.9 Å². The molecule has 1 aromatic heterocycles. The standard InChI is InChI=1S/C15H19F2N3/c1-2-13-10(4-3-7-18)5-6-14(19-13)20-8-11-12(9-20)15(11,16)17/h5-7,11-12,18H,2-4,8-9H2,1H3. The molecule has 0 spiro atoms. The number of halogens is 2. The molecule has 108 valence electrons. The molecule has 2 aliphatic rings.